The van der Waals surface area contributed by atoms with Crippen LogP contribution in [-0.4, -0.2) is 51.7 Å². The molecule has 2 aromatic rings. The SMILES string of the molecule is O=C(Oc1ccccc1)N1CCCN(Cc2cnns2)CC1. The lowest BCUT2D eigenvalue weighted by Gasteiger charge is -2.21. The van der Waals surface area contributed by atoms with Crippen molar-refractivity contribution in [3.8, 4) is 5.75 Å². The molecule has 0 spiro atoms. The van der Waals surface area contributed by atoms with Gasteiger partial charge in [-0.2, -0.15) is 0 Å². The second-order valence-corrected chi connectivity index (χ2v) is 6.05. The molecule has 22 heavy (non-hydrogen) atoms. The zero-order chi connectivity index (χ0) is 15.2. The van der Waals surface area contributed by atoms with E-state index in [0.717, 1.165) is 37.5 Å². The lowest BCUT2D eigenvalue weighted by atomic mass is 10.3. The van der Waals surface area contributed by atoms with Crippen molar-refractivity contribution >= 4 is 17.6 Å². The van der Waals surface area contributed by atoms with Crippen LogP contribution in [0.3, 0.4) is 0 Å². The van der Waals surface area contributed by atoms with Gasteiger partial charge < -0.3 is 9.64 Å². The summed E-state index contributed by atoms with van der Waals surface area (Å²) in [5, 5.41) is 3.86. The second-order valence-electron chi connectivity index (χ2n) is 5.18. The van der Waals surface area contributed by atoms with E-state index in [2.05, 4.69) is 14.5 Å². The summed E-state index contributed by atoms with van der Waals surface area (Å²) in [6, 6.07) is 9.19. The number of hydrogen-bond acceptors (Lipinski definition) is 6. The Balaban J connectivity index is 1.52. The molecule has 3 rings (SSSR count). The molecular weight excluding hydrogens is 300 g/mol. The Morgan fingerprint density at radius 1 is 1.18 bits per heavy atom. The molecule has 1 saturated heterocycles. The highest BCUT2D eigenvalue weighted by Gasteiger charge is 2.21. The van der Waals surface area contributed by atoms with Gasteiger partial charge in [-0.1, -0.05) is 22.7 Å². The Morgan fingerprint density at radius 3 is 2.82 bits per heavy atom. The highest BCUT2D eigenvalue weighted by Crippen LogP contribution is 2.13. The minimum atomic E-state index is -0.271. The van der Waals surface area contributed by atoms with Crippen LogP contribution in [-0.2, 0) is 6.54 Å². The van der Waals surface area contributed by atoms with Crippen LogP contribution in [0.5, 0.6) is 5.75 Å². The number of ether oxygens (including phenoxy) is 1. The highest BCUT2D eigenvalue weighted by molar-refractivity contribution is 7.05. The third-order valence-electron chi connectivity index (χ3n) is 3.58. The molecule has 0 atom stereocenters. The summed E-state index contributed by atoms with van der Waals surface area (Å²) >= 11 is 1.42. The van der Waals surface area contributed by atoms with E-state index < -0.39 is 0 Å². The molecule has 0 bridgehead atoms. The van der Waals surface area contributed by atoms with Crippen molar-refractivity contribution in [1.29, 1.82) is 0 Å². The average molecular weight is 318 g/mol. The van der Waals surface area contributed by atoms with Gasteiger partial charge in [-0.15, -0.1) is 5.10 Å². The molecule has 0 aliphatic carbocycles. The fraction of sp³-hybridized carbons (Fsp3) is 0.400. The van der Waals surface area contributed by atoms with Gasteiger partial charge in [0, 0.05) is 32.7 Å². The van der Waals surface area contributed by atoms with Crippen molar-refractivity contribution in [2.45, 2.75) is 13.0 Å². The molecule has 7 heteroatoms. The molecule has 1 fully saturated rings. The smallest absolute Gasteiger partial charge is 0.410 e. The van der Waals surface area contributed by atoms with Gasteiger partial charge in [-0.25, -0.2) is 4.79 Å². The van der Waals surface area contributed by atoms with Crippen molar-refractivity contribution in [2.75, 3.05) is 26.2 Å². The average Bonchev–Trinajstić information content (AvgIpc) is 2.92. The molecule has 1 aromatic heterocycles. The van der Waals surface area contributed by atoms with Crippen LogP contribution in [0.4, 0.5) is 4.79 Å². The topological polar surface area (TPSA) is 58.6 Å². The molecule has 1 amide bonds. The van der Waals surface area contributed by atoms with E-state index >= 15 is 0 Å². The molecule has 1 aromatic carbocycles. The molecule has 116 valence electrons. The Morgan fingerprint density at radius 2 is 2.05 bits per heavy atom. The minimum Gasteiger partial charge on any atom is -0.410 e. The summed E-state index contributed by atoms with van der Waals surface area (Å²) in [5.74, 6) is 0.587. The maximum absolute atomic E-state index is 12.2. The van der Waals surface area contributed by atoms with Crippen molar-refractivity contribution in [1.82, 2.24) is 19.4 Å². The lowest BCUT2D eigenvalue weighted by molar-refractivity contribution is 0.153. The Bertz CT molecular complexity index is 591. The van der Waals surface area contributed by atoms with Crippen LogP contribution in [0.15, 0.2) is 36.5 Å². The van der Waals surface area contributed by atoms with Crippen LogP contribution in [0.25, 0.3) is 0 Å². The molecule has 0 unspecified atom stereocenters. The normalized spacial score (nSPS) is 16.3. The van der Waals surface area contributed by atoms with Gasteiger partial charge in [-0.05, 0) is 30.1 Å². The zero-order valence-corrected chi connectivity index (χ0v) is 13.0. The van der Waals surface area contributed by atoms with Crippen LogP contribution in [0, 0.1) is 0 Å². The number of rotatable bonds is 3. The Hall–Kier alpha value is -1.99. The maximum Gasteiger partial charge on any atom is 0.415 e. The van der Waals surface area contributed by atoms with Gasteiger partial charge in [0.25, 0.3) is 0 Å². The molecule has 1 aliphatic heterocycles. The Labute approximate surface area is 133 Å². The first kappa shape index (κ1) is 14.9. The molecule has 1 aliphatic rings. The van der Waals surface area contributed by atoms with Crippen LogP contribution < -0.4 is 4.74 Å². The maximum atomic E-state index is 12.2. The van der Waals surface area contributed by atoms with E-state index in [1.165, 1.54) is 11.5 Å². The number of carbonyl (C=O) groups excluding carboxylic acids is 1. The number of aromatic nitrogens is 2. The molecular formula is C15H18N4O2S. The van der Waals surface area contributed by atoms with E-state index in [1.807, 2.05) is 18.2 Å². The van der Waals surface area contributed by atoms with Gasteiger partial charge >= 0.3 is 6.09 Å². The largest absolute Gasteiger partial charge is 0.415 e. The highest BCUT2D eigenvalue weighted by atomic mass is 32.1. The predicted molar refractivity (Wildman–Crippen MR) is 83.8 cm³/mol. The van der Waals surface area contributed by atoms with E-state index in [-0.39, 0.29) is 6.09 Å². The van der Waals surface area contributed by atoms with E-state index in [4.69, 9.17) is 4.74 Å². The van der Waals surface area contributed by atoms with Crippen molar-refractivity contribution in [2.24, 2.45) is 0 Å². The molecule has 6 nitrogen and oxygen atoms in total. The molecule has 0 N–H and O–H groups in total. The quantitative estimate of drug-likeness (QED) is 0.869. The summed E-state index contributed by atoms with van der Waals surface area (Å²) in [7, 11) is 0. The van der Waals surface area contributed by atoms with Crippen LogP contribution >= 0.6 is 11.5 Å². The van der Waals surface area contributed by atoms with Gasteiger partial charge in [0.1, 0.15) is 5.75 Å². The van der Waals surface area contributed by atoms with Crippen molar-refractivity contribution < 1.29 is 9.53 Å². The van der Waals surface area contributed by atoms with Crippen molar-refractivity contribution in [3.05, 3.63) is 41.4 Å². The van der Waals surface area contributed by atoms with E-state index in [0.29, 0.717) is 12.3 Å². The number of nitrogens with zero attached hydrogens (tertiary/aromatic N) is 4. The van der Waals surface area contributed by atoms with Crippen LogP contribution in [0.2, 0.25) is 0 Å². The first-order valence-electron chi connectivity index (χ1n) is 7.31. The summed E-state index contributed by atoms with van der Waals surface area (Å²) in [5.41, 5.74) is 0. The van der Waals surface area contributed by atoms with Gasteiger partial charge in [-0.3, -0.25) is 4.90 Å². The minimum absolute atomic E-state index is 0.271. The summed E-state index contributed by atoms with van der Waals surface area (Å²) in [4.78, 5) is 17.5. The summed E-state index contributed by atoms with van der Waals surface area (Å²) in [6.45, 7) is 4.05. The van der Waals surface area contributed by atoms with Gasteiger partial charge in [0.05, 0.1) is 11.1 Å². The zero-order valence-electron chi connectivity index (χ0n) is 12.2. The van der Waals surface area contributed by atoms with E-state index in [9.17, 15) is 4.79 Å². The molecule has 0 saturated carbocycles. The first-order valence-corrected chi connectivity index (χ1v) is 8.09. The number of hydrogen-bond donors (Lipinski definition) is 0. The van der Waals surface area contributed by atoms with Gasteiger partial charge in [0.15, 0.2) is 0 Å². The Kier molecular flexibility index (Phi) is 4.97. The van der Waals surface area contributed by atoms with Crippen LogP contribution in [0.1, 0.15) is 11.3 Å². The fourth-order valence-corrected chi connectivity index (χ4v) is 2.98. The second kappa shape index (κ2) is 7.33. The number of benzene rings is 1. The monoisotopic (exact) mass is 318 g/mol. The van der Waals surface area contributed by atoms with E-state index in [1.54, 1.807) is 23.2 Å². The molecule has 0 radical (unpaired) electrons. The number of amides is 1. The third-order valence-corrected chi connectivity index (χ3v) is 4.23. The first-order chi connectivity index (χ1) is 10.8. The standard InChI is InChI=1S/C15H18N4O2S/c20-15(21-13-5-2-1-3-6-13)19-8-4-7-18(9-10-19)12-14-11-16-17-22-14/h1-3,5-6,11H,4,7-10,12H2. The number of para-hydroxylation sites is 1. The number of carbonyl (C=O) groups is 1. The summed E-state index contributed by atoms with van der Waals surface area (Å²) in [6.07, 6.45) is 2.47. The summed E-state index contributed by atoms with van der Waals surface area (Å²) < 4.78 is 9.28. The third kappa shape index (κ3) is 4.02. The van der Waals surface area contributed by atoms with Gasteiger partial charge in [0.2, 0.25) is 0 Å². The lowest BCUT2D eigenvalue weighted by Crippen LogP contribution is -2.36. The molecule has 2 heterocycles. The predicted octanol–water partition coefficient (Wildman–Crippen LogP) is 2.24. The van der Waals surface area contributed by atoms with Crippen molar-refractivity contribution in [3.63, 3.8) is 0 Å². The fourth-order valence-electron chi connectivity index (χ4n) is 2.44.